The lowest BCUT2D eigenvalue weighted by atomic mass is 10.1. The standard InChI is InChI=1S/C20H17BrN6O/c1-12-14(19(28-27-12)18-7-6-15(21)13(2)25-18)11-24-20-23-10-8-17(26-20)16-5-3-4-9-22-16/h3-10H,11H2,1-2H3,(H,23,24,26). The van der Waals surface area contributed by atoms with Crippen molar-refractivity contribution in [3.05, 3.63) is 70.2 Å². The average Bonchev–Trinajstić information content (AvgIpc) is 3.10. The Morgan fingerprint density at radius 2 is 1.79 bits per heavy atom. The fourth-order valence-electron chi connectivity index (χ4n) is 2.74. The first-order valence-electron chi connectivity index (χ1n) is 8.69. The van der Waals surface area contributed by atoms with Crippen molar-refractivity contribution in [3.8, 4) is 22.8 Å². The van der Waals surface area contributed by atoms with E-state index in [2.05, 4.69) is 46.3 Å². The minimum atomic E-state index is 0.465. The lowest BCUT2D eigenvalue weighted by molar-refractivity contribution is 0.425. The third-order valence-corrected chi connectivity index (χ3v) is 5.08. The number of aromatic nitrogens is 5. The number of hydrogen-bond acceptors (Lipinski definition) is 7. The van der Waals surface area contributed by atoms with Crippen LogP contribution in [0.5, 0.6) is 0 Å². The van der Waals surface area contributed by atoms with Gasteiger partial charge in [-0.3, -0.25) is 4.98 Å². The maximum absolute atomic E-state index is 5.54. The molecule has 4 aromatic heterocycles. The Bertz CT molecular complexity index is 1110. The van der Waals surface area contributed by atoms with Crippen molar-refractivity contribution in [2.45, 2.75) is 20.4 Å². The molecule has 0 aliphatic rings. The third-order valence-electron chi connectivity index (χ3n) is 4.24. The summed E-state index contributed by atoms with van der Waals surface area (Å²) in [5, 5.41) is 7.35. The van der Waals surface area contributed by atoms with E-state index in [0.29, 0.717) is 18.3 Å². The summed E-state index contributed by atoms with van der Waals surface area (Å²) in [5.74, 6) is 1.15. The number of pyridine rings is 2. The summed E-state index contributed by atoms with van der Waals surface area (Å²) in [6.07, 6.45) is 3.45. The zero-order chi connectivity index (χ0) is 19.5. The van der Waals surface area contributed by atoms with Crippen LogP contribution >= 0.6 is 15.9 Å². The first-order chi connectivity index (χ1) is 13.6. The van der Waals surface area contributed by atoms with Crippen LogP contribution in [0.2, 0.25) is 0 Å². The van der Waals surface area contributed by atoms with Gasteiger partial charge in [0, 0.05) is 29.0 Å². The second-order valence-corrected chi connectivity index (χ2v) is 7.03. The highest BCUT2D eigenvalue weighted by molar-refractivity contribution is 9.10. The van der Waals surface area contributed by atoms with Gasteiger partial charge in [0.25, 0.3) is 0 Å². The Labute approximate surface area is 170 Å². The SMILES string of the molecule is Cc1nc(-c2onc(C)c2CNc2nccc(-c3ccccn3)n2)ccc1Br. The molecule has 0 saturated heterocycles. The molecule has 4 heterocycles. The highest BCUT2D eigenvalue weighted by Gasteiger charge is 2.17. The van der Waals surface area contributed by atoms with E-state index in [9.17, 15) is 0 Å². The Balaban J connectivity index is 1.58. The molecule has 7 nitrogen and oxygen atoms in total. The van der Waals surface area contributed by atoms with Crippen molar-refractivity contribution in [2.75, 3.05) is 5.32 Å². The number of hydrogen-bond donors (Lipinski definition) is 1. The van der Waals surface area contributed by atoms with E-state index in [0.717, 1.165) is 38.5 Å². The van der Waals surface area contributed by atoms with E-state index >= 15 is 0 Å². The van der Waals surface area contributed by atoms with E-state index in [1.165, 1.54) is 0 Å². The van der Waals surface area contributed by atoms with E-state index in [1.54, 1.807) is 12.4 Å². The van der Waals surface area contributed by atoms with Crippen LogP contribution in [-0.4, -0.2) is 25.1 Å². The zero-order valence-electron chi connectivity index (χ0n) is 15.3. The summed E-state index contributed by atoms with van der Waals surface area (Å²) in [4.78, 5) is 17.7. The van der Waals surface area contributed by atoms with Gasteiger partial charge in [-0.25, -0.2) is 15.0 Å². The Kier molecular flexibility index (Phi) is 5.12. The van der Waals surface area contributed by atoms with Crippen molar-refractivity contribution in [1.29, 1.82) is 0 Å². The van der Waals surface area contributed by atoms with Gasteiger partial charge >= 0.3 is 0 Å². The van der Waals surface area contributed by atoms with Crippen LogP contribution in [0.4, 0.5) is 5.95 Å². The van der Waals surface area contributed by atoms with Crippen LogP contribution in [0.3, 0.4) is 0 Å². The molecule has 4 rings (SSSR count). The third kappa shape index (κ3) is 3.77. The number of anilines is 1. The average molecular weight is 437 g/mol. The molecule has 8 heteroatoms. The molecule has 0 aromatic carbocycles. The quantitative estimate of drug-likeness (QED) is 0.489. The Hall–Kier alpha value is -3.13. The fourth-order valence-corrected chi connectivity index (χ4v) is 2.96. The van der Waals surface area contributed by atoms with Crippen LogP contribution in [0.15, 0.2) is 57.8 Å². The Morgan fingerprint density at radius 1 is 0.893 bits per heavy atom. The number of aryl methyl sites for hydroxylation is 2. The lowest BCUT2D eigenvalue weighted by Crippen LogP contribution is -2.05. The minimum Gasteiger partial charge on any atom is -0.354 e. The minimum absolute atomic E-state index is 0.465. The van der Waals surface area contributed by atoms with Crippen molar-refractivity contribution in [3.63, 3.8) is 0 Å². The van der Waals surface area contributed by atoms with E-state index < -0.39 is 0 Å². The van der Waals surface area contributed by atoms with Crippen molar-refractivity contribution >= 4 is 21.9 Å². The monoisotopic (exact) mass is 436 g/mol. The molecular weight excluding hydrogens is 420 g/mol. The van der Waals surface area contributed by atoms with E-state index in [-0.39, 0.29) is 0 Å². The van der Waals surface area contributed by atoms with Crippen molar-refractivity contribution in [2.24, 2.45) is 0 Å². The molecule has 1 N–H and O–H groups in total. The summed E-state index contributed by atoms with van der Waals surface area (Å²) >= 11 is 3.47. The molecule has 0 aliphatic carbocycles. The summed E-state index contributed by atoms with van der Waals surface area (Å²) in [6, 6.07) is 11.4. The summed E-state index contributed by atoms with van der Waals surface area (Å²) < 4.78 is 6.49. The highest BCUT2D eigenvalue weighted by Crippen LogP contribution is 2.27. The molecule has 0 bridgehead atoms. The molecule has 0 amide bonds. The lowest BCUT2D eigenvalue weighted by Gasteiger charge is -2.07. The largest absolute Gasteiger partial charge is 0.354 e. The molecule has 0 saturated carbocycles. The van der Waals surface area contributed by atoms with Crippen LogP contribution in [-0.2, 0) is 6.54 Å². The molecular formula is C20H17BrN6O. The smallest absolute Gasteiger partial charge is 0.223 e. The van der Waals surface area contributed by atoms with Gasteiger partial charge in [-0.15, -0.1) is 0 Å². The van der Waals surface area contributed by atoms with Gasteiger partial charge in [-0.05, 0) is 60.1 Å². The summed E-state index contributed by atoms with van der Waals surface area (Å²) in [7, 11) is 0. The van der Waals surface area contributed by atoms with Gasteiger partial charge in [0.15, 0.2) is 5.76 Å². The number of halogens is 1. The first-order valence-corrected chi connectivity index (χ1v) is 9.48. The molecule has 0 unspecified atom stereocenters. The molecule has 0 atom stereocenters. The fraction of sp³-hybridized carbons (Fsp3) is 0.150. The van der Waals surface area contributed by atoms with Gasteiger partial charge in [0.2, 0.25) is 5.95 Å². The molecule has 0 radical (unpaired) electrons. The maximum Gasteiger partial charge on any atom is 0.223 e. The van der Waals surface area contributed by atoms with Crippen molar-refractivity contribution < 1.29 is 4.52 Å². The molecule has 0 aliphatic heterocycles. The topological polar surface area (TPSA) is 89.6 Å². The molecule has 140 valence electrons. The van der Waals surface area contributed by atoms with Crippen LogP contribution in [0.1, 0.15) is 17.0 Å². The number of nitrogens with one attached hydrogen (secondary N) is 1. The highest BCUT2D eigenvalue weighted by atomic mass is 79.9. The van der Waals surface area contributed by atoms with Gasteiger partial charge in [-0.1, -0.05) is 11.2 Å². The van der Waals surface area contributed by atoms with Gasteiger partial charge in [0.05, 0.1) is 22.8 Å². The number of rotatable bonds is 5. The molecule has 28 heavy (non-hydrogen) atoms. The van der Waals surface area contributed by atoms with E-state index in [4.69, 9.17) is 4.52 Å². The van der Waals surface area contributed by atoms with Crippen LogP contribution < -0.4 is 5.32 Å². The van der Waals surface area contributed by atoms with Crippen molar-refractivity contribution in [1.82, 2.24) is 25.1 Å². The normalized spacial score (nSPS) is 10.8. The predicted octanol–water partition coefficient (Wildman–Crippen LogP) is 4.58. The van der Waals surface area contributed by atoms with Gasteiger partial charge in [-0.2, -0.15) is 0 Å². The number of nitrogens with zero attached hydrogens (tertiary/aromatic N) is 5. The van der Waals surface area contributed by atoms with Crippen LogP contribution in [0, 0.1) is 13.8 Å². The van der Waals surface area contributed by atoms with Crippen LogP contribution in [0.25, 0.3) is 22.8 Å². The van der Waals surface area contributed by atoms with Gasteiger partial charge < -0.3 is 9.84 Å². The second-order valence-electron chi connectivity index (χ2n) is 6.17. The zero-order valence-corrected chi connectivity index (χ0v) is 16.9. The second kappa shape index (κ2) is 7.85. The summed E-state index contributed by atoms with van der Waals surface area (Å²) in [5.41, 5.74) is 4.89. The van der Waals surface area contributed by atoms with Gasteiger partial charge in [0.1, 0.15) is 5.69 Å². The summed E-state index contributed by atoms with van der Waals surface area (Å²) in [6.45, 7) is 4.31. The molecule has 0 spiro atoms. The predicted molar refractivity (Wildman–Crippen MR) is 109 cm³/mol. The maximum atomic E-state index is 5.54. The van der Waals surface area contributed by atoms with E-state index in [1.807, 2.05) is 50.2 Å². The Morgan fingerprint density at radius 3 is 2.57 bits per heavy atom. The molecule has 4 aromatic rings. The first kappa shape index (κ1) is 18.2. The molecule has 0 fully saturated rings.